The van der Waals surface area contributed by atoms with E-state index in [2.05, 4.69) is 51.8 Å². The van der Waals surface area contributed by atoms with Crippen molar-refractivity contribution in [1.29, 1.82) is 0 Å². The van der Waals surface area contributed by atoms with E-state index < -0.39 is 0 Å². The minimum absolute atomic E-state index is 0.698. The normalized spacial score (nSPS) is 11.4. The minimum Gasteiger partial charge on any atom is -0.411 e. The van der Waals surface area contributed by atoms with Gasteiger partial charge in [-0.05, 0) is 35.2 Å². The molecule has 1 aromatic carbocycles. The van der Waals surface area contributed by atoms with E-state index in [-0.39, 0.29) is 0 Å². The third-order valence-corrected chi connectivity index (χ3v) is 6.43. The molecule has 112 valence electrons. The maximum atomic E-state index is 5.97. The molecule has 0 bridgehead atoms. The van der Waals surface area contributed by atoms with Crippen LogP contribution in [0.5, 0.6) is 0 Å². The summed E-state index contributed by atoms with van der Waals surface area (Å²) in [5, 5.41) is 0. The first-order valence-corrected chi connectivity index (χ1v) is 8.94. The Balaban J connectivity index is 2.14. The minimum atomic E-state index is 0.698. The highest BCUT2D eigenvalue weighted by molar-refractivity contribution is 14.1. The molecule has 0 amide bonds. The van der Waals surface area contributed by atoms with Gasteiger partial charge >= 0.3 is 0 Å². The van der Waals surface area contributed by atoms with Crippen LogP contribution in [0.1, 0.15) is 0 Å². The van der Waals surface area contributed by atoms with Crippen molar-refractivity contribution in [3.8, 4) is 10.4 Å². The first-order valence-electron chi connectivity index (χ1n) is 7.04. The van der Waals surface area contributed by atoms with Crippen molar-refractivity contribution < 1.29 is 0 Å². The Labute approximate surface area is 152 Å². The van der Waals surface area contributed by atoms with E-state index in [1.807, 2.05) is 24.0 Å². The number of hydrogen-bond donors (Lipinski definition) is 0. The summed E-state index contributed by atoms with van der Waals surface area (Å²) in [6.07, 6.45) is 1.81. The van der Waals surface area contributed by atoms with E-state index in [1.165, 1.54) is 15.3 Å². The van der Waals surface area contributed by atoms with Crippen LogP contribution in [-0.4, -0.2) is 29.6 Å². The molecule has 0 aliphatic rings. The molecule has 0 saturated carbocycles. The Morgan fingerprint density at radius 3 is 2.65 bits per heavy atom. The van der Waals surface area contributed by atoms with E-state index in [4.69, 9.17) is 13.0 Å². The van der Waals surface area contributed by atoms with Gasteiger partial charge in [-0.25, -0.2) is 9.97 Å². The predicted octanol–water partition coefficient (Wildman–Crippen LogP) is 3.97. The van der Waals surface area contributed by atoms with Crippen molar-refractivity contribution in [3.05, 3.63) is 40.2 Å². The number of thiophene rings is 1. The molecule has 0 aliphatic carbocycles. The zero-order chi connectivity index (χ0) is 16.1. The summed E-state index contributed by atoms with van der Waals surface area (Å²) in [5.41, 5.74) is 4.10. The fraction of sp³-hybridized carbons (Fsp3) is 0.125. The van der Waals surface area contributed by atoms with Gasteiger partial charge in [-0.3, -0.25) is 0 Å². The van der Waals surface area contributed by atoms with Crippen molar-refractivity contribution in [2.75, 3.05) is 11.9 Å². The monoisotopic (exact) mass is 430 g/mol. The number of pyridine rings is 1. The molecule has 0 saturated heterocycles. The lowest BCUT2D eigenvalue weighted by molar-refractivity contribution is 0.951. The maximum absolute atomic E-state index is 5.97. The molecule has 0 spiro atoms. The highest BCUT2D eigenvalue weighted by Gasteiger charge is 2.20. The molecule has 2 radical (unpaired) electrons. The first-order chi connectivity index (χ1) is 11.1. The van der Waals surface area contributed by atoms with Crippen molar-refractivity contribution in [1.82, 2.24) is 14.5 Å². The van der Waals surface area contributed by atoms with Gasteiger partial charge in [0, 0.05) is 7.05 Å². The second-order valence-corrected chi connectivity index (χ2v) is 7.49. The molecule has 3 aromatic heterocycles. The van der Waals surface area contributed by atoms with Crippen LogP contribution >= 0.6 is 33.9 Å². The van der Waals surface area contributed by atoms with E-state index in [1.54, 1.807) is 18.4 Å². The van der Waals surface area contributed by atoms with Crippen LogP contribution in [0, 0.1) is 3.57 Å². The molecule has 0 aliphatic heterocycles. The summed E-state index contributed by atoms with van der Waals surface area (Å²) in [7, 11) is 9.77. The van der Waals surface area contributed by atoms with Crippen molar-refractivity contribution in [2.24, 2.45) is 7.05 Å². The Kier molecular flexibility index (Phi) is 3.57. The van der Waals surface area contributed by atoms with Gasteiger partial charge in [-0.15, -0.1) is 11.3 Å². The zero-order valence-electron chi connectivity index (χ0n) is 12.6. The molecular weight excluding hydrogens is 418 g/mol. The average molecular weight is 430 g/mol. The smallest absolute Gasteiger partial charge is 0.228 e. The SMILES string of the molecule is [B]N(C)c1nc2c(I)c(-c3ccccc3)sc2c2c1ncn2C. The van der Waals surface area contributed by atoms with Crippen molar-refractivity contribution >= 4 is 69.0 Å². The largest absolute Gasteiger partial charge is 0.411 e. The summed E-state index contributed by atoms with van der Waals surface area (Å²) in [4.78, 5) is 12.0. The molecule has 0 fully saturated rings. The van der Waals surface area contributed by atoms with Crippen molar-refractivity contribution in [2.45, 2.75) is 0 Å². The van der Waals surface area contributed by atoms with Gasteiger partial charge in [-0.2, -0.15) is 0 Å². The number of halogens is 1. The molecule has 4 rings (SSSR count). The van der Waals surface area contributed by atoms with Gasteiger partial charge in [0.1, 0.15) is 11.3 Å². The Morgan fingerprint density at radius 1 is 1.22 bits per heavy atom. The summed E-state index contributed by atoms with van der Waals surface area (Å²) in [5.74, 6) is 0.698. The predicted molar refractivity (Wildman–Crippen MR) is 106 cm³/mol. The number of fused-ring (bicyclic) bond motifs is 3. The van der Waals surface area contributed by atoms with Gasteiger partial charge in [0.2, 0.25) is 7.98 Å². The third kappa shape index (κ3) is 2.25. The lowest BCUT2D eigenvalue weighted by atomic mass is 10.2. The van der Waals surface area contributed by atoms with Crippen LogP contribution in [0.25, 0.3) is 31.7 Å². The van der Waals surface area contributed by atoms with Crippen LogP contribution in [0.3, 0.4) is 0 Å². The fourth-order valence-electron chi connectivity index (χ4n) is 2.70. The van der Waals surface area contributed by atoms with E-state index >= 15 is 0 Å². The summed E-state index contributed by atoms with van der Waals surface area (Å²) in [6.45, 7) is 0. The molecule has 7 heteroatoms. The maximum Gasteiger partial charge on any atom is 0.228 e. The van der Waals surface area contributed by atoms with Gasteiger partial charge in [0.25, 0.3) is 0 Å². The Hall–Kier alpha value is -1.61. The van der Waals surface area contributed by atoms with Crippen LogP contribution in [-0.2, 0) is 7.05 Å². The number of aryl methyl sites for hydroxylation is 1. The second-order valence-electron chi connectivity index (χ2n) is 5.39. The van der Waals surface area contributed by atoms with Crippen LogP contribution in [0.4, 0.5) is 5.82 Å². The average Bonchev–Trinajstić information content (AvgIpc) is 3.09. The van der Waals surface area contributed by atoms with E-state index in [9.17, 15) is 0 Å². The standard InChI is InChI=1S/C16H12BIN4S/c1-21-8-19-12-13(21)15-11(20-16(12)22(2)17)10(18)14(23-15)9-6-4-3-5-7-9/h3-8H,1-2H3. The molecular formula is C16H12BIN4S. The second kappa shape index (κ2) is 5.49. The van der Waals surface area contributed by atoms with Crippen LogP contribution in [0.15, 0.2) is 36.7 Å². The zero-order valence-corrected chi connectivity index (χ0v) is 15.6. The molecule has 4 nitrogen and oxygen atoms in total. The quantitative estimate of drug-likeness (QED) is 0.357. The number of benzene rings is 1. The molecule has 3 heterocycles. The van der Waals surface area contributed by atoms with Gasteiger partial charge in [0.15, 0.2) is 0 Å². The molecule has 0 N–H and O–H groups in total. The topological polar surface area (TPSA) is 34.0 Å². The van der Waals surface area contributed by atoms with Crippen molar-refractivity contribution in [3.63, 3.8) is 0 Å². The lowest BCUT2D eigenvalue weighted by Crippen LogP contribution is -2.13. The molecule has 23 heavy (non-hydrogen) atoms. The van der Waals surface area contributed by atoms with Crippen LogP contribution < -0.4 is 4.81 Å². The number of imidazole rings is 1. The summed E-state index contributed by atoms with van der Waals surface area (Å²) >= 11 is 4.13. The lowest BCUT2D eigenvalue weighted by Gasteiger charge is -2.13. The number of hydrogen-bond acceptors (Lipinski definition) is 4. The van der Waals surface area contributed by atoms with Gasteiger partial charge in [0.05, 0.1) is 30.5 Å². The molecule has 0 unspecified atom stereocenters. The molecule has 0 atom stereocenters. The number of rotatable bonds is 2. The van der Waals surface area contributed by atoms with Gasteiger partial charge < -0.3 is 9.38 Å². The summed E-state index contributed by atoms with van der Waals surface area (Å²) < 4.78 is 4.34. The van der Waals surface area contributed by atoms with E-state index in [0.29, 0.717) is 5.82 Å². The van der Waals surface area contributed by atoms with E-state index in [0.717, 1.165) is 24.8 Å². The first kappa shape index (κ1) is 15.0. The Morgan fingerprint density at radius 2 is 1.96 bits per heavy atom. The number of aromatic nitrogens is 3. The fourth-order valence-corrected chi connectivity index (χ4v) is 5.15. The number of nitrogens with zero attached hydrogens (tertiary/aromatic N) is 4. The Bertz CT molecular complexity index is 1020. The van der Waals surface area contributed by atoms with Crippen LogP contribution in [0.2, 0.25) is 0 Å². The highest BCUT2D eigenvalue weighted by atomic mass is 127. The molecule has 4 aromatic rings. The summed E-state index contributed by atoms with van der Waals surface area (Å²) in [6, 6.07) is 10.4. The highest BCUT2D eigenvalue weighted by Crippen LogP contribution is 2.42. The van der Waals surface area contributed by atoms with Gasteiger partial charge in [-0.1, -0.05) is 30.3 Å². The number of anilines is 1. The third-order valence-electron chi connectivity index (χ3n) is 3.78.